The molecule has 1 aromatic carbocycles. The molecule has 1 fully saturated rings. The van der Waals surface area contributed by atoms with Crippen LogP contribution < -0.4 is 0 Å². The van der Waals surface area contributed by atoms with Gasteiger partial charge in [0.25, 0.3) is 9.05 Å². The Morgan fingerprint density at radius 1 is 1.50 bits per heavy atom. The quantitative estimate of drug-likeness (QED) is 0.629. The van der Waals surface area contributed by atoms with E-state index in [1.54, 1.807) is 0 Å². The third-order valence-corrected chi connectivity index (χ3v) is 4.20. The fourth-order valence-electron chi connectivity index (χ4n) is 1.86. The molecule has 2 rings (SSSR count). The van der Waals surface area contributed by atoms with Crippen molar-refractivity contribution >= 4 is 25.7 Å². The zero-order chi connectivity index (χ0) is 14.9. The lowest BCUT2D eigenvalue weighted by Crippen LogP contribution is -2.18. The molecule has 1 aliphatic heterocycles. The minimum absolute atomic E-state index is 0.00125. The highest BCUT2D eigenvalue weighted by Gasteiger charge is 2.24. The van der Waals surface area contributed by atoms with Gasteiger partial charge in [-0.25, -0.2) is 17.6 Å². The maximum Gasteiger partial charge on any atom is 0.338 e. The second-order valence-electron chi connectivity index (χ2n) is 4.43. The van der Waals surface area contributed by atoms with E-state index in [0.717, 1.165) is 6.07 Å². The second-order valence-corrected chi connectivity index (χ2v) is 6.97. The summed E-state index contributed by atoms with van der Waals surface area (Å²) in [7, 11) is 0.868. The average Bonchev–Trinajstić information content (AvgIpc) is 2.83. The number of rotatable bonds is 3. The third kappa shape index (κ3) is 3.28. The number of esters is 1. The van der Waals surface area contributed by atoms with E-state index in [-0.39, 0.29) is 17.2 Å². The predicted molar refractivity (Wildman–Crippen MR) is 68.8 cm³/mol. The highest BCUT2D eigenvalue weighted by Crippen LogP contribution is 2.24. The summed E-state index contributed by atoms with van der Waals surface area (Å²) in [5.74, 6) is -1.70. The summed E-state index contributed by atoms with van der Waals surface area (Å²) >= 11 is 0. The molecule has 0 radical (unpaired) electrons. The maximum absolute atomic E-state index is 13.7. The van der Waals surface area contributed by atoms with Gasteiger partial charge >= 0.3 is 5.97 Å². The first-order chi connectivity index (χ1) is 9.29. The summed E-state index contributed by atoms with van der Waals surface area (Å²) in [4.78, 5) is 11.2. The molecule has 0 spiro atoms. The van der Waals surface area contributed by atoms with E-state index < -0.39 is 25.7 Å². The summed E-state index contributed by atoms with van der Waals surface area (Å²) in [6.45, 7) is 2.14. The Morgan fingerprint density at radius 3 is 2.75 bits per heavy atom. The van der Waals surface area contributed by atoms with Gasteiger partial charge in [-0.15, -0.1) is 0 Å². The molecule has 1 aliphatic rings. The third-order valence-electron chi connectivity index (χ3n) is 2.88. The van der Waals surface area contributed by atoms with Crippen molar-refractivity contribution in [2.75, 3.05) is 13.2 Å². The van der Waals surface area contributed by atoms with Gasteiger partial charge in [0.2, 0.25) is 0 Å². The van der Waals surface area contributed by atoms with Gasteiger partial charge in [-0.3, -0.25) is 0 Å². The van der Waals surface area contributed by atoms with E-state index in [9.17, 15) is 17.6 Å². The molecule has 0 aromatic heterocycles. The van der Waals surface area contributed by atoms with E-state index in [1.807, 2.05) is 0 Å². The zero-order valence-electron chi connectivity index (χ0n) is 10.6. The fourth-order valence-corrected chi connectivity index (χ4v) is 2.84. The molecule has 0 saturated carbocycles. The van der Waals surface area contributed by atoms with Crippen LogP contribution in [-0.2, 0) is 18.5 Å². The molecule has 1 aromatic rings. The summed E-state index contributed by atoms with van der Waals surface area (Å²) in [5, 5.41) is 0. The van der Waals surface area contributed by atoms with Crippen molar-refractivity contribution in [3.05, 3.63) is 29.1 Å². The van der Waals surface area contributed by atoms with Crippen LogP contribution in [0.4, 0.5) is 4.39 Å². The van der Waals surface area contributed by atoms with Crippen LogP contribution in [0.1, 0.15) is 22.3 Å². The summed E-state index contributed by atoms with van der Waals surface area (Å²) in [6.07, 6.45) is 0.205. The van der Waals surface area contributed by atoms with Crippen LogP contribution in [0, 0.1) is 12.7 Å². The number of aryl methyl sites for hydroxylation is 1. The number of ether oxygens (including phenoxy) is 2. The number of halogens is 2. The van der Waals surface area contributed by atoms with Crippen molar-refractivity contribution in [1.29, 1.82) is 0 Å². The first-order valence-electron chi connectivity index (χ1n) is 5.82. The van der Waals surface area contributed by atoms with Crippen LogP contribution in [0.3, 0.4) is 0 Å². The number of hydrogen-bond acceptors (Lipinski definition) is 5. The number of carbonyl (C=O) groups is 1. The number of benzene rings is 1. The predicted octanol–water partition coefficient (Wildman–Crippen LogP) is 2.01. The average molecular weight is 323 g/mol. The molecule has 110 valence electrons. The Kier molecular flexibility index (Phi) is 4.31. The molecule has 1 atom stereocenters. The monoisotopic (exact) mass is 322 g/mol. The molecule has 1 heterocycles. The van der Waals surface area contributed by atoms with Crippen molar-refractivity contribution < 1.29 is 27.1 Å². The van der Waals surface area contributed by atoms with Gasteiger partial charge < -0.3 is 9.47 Å². The van der Waals surface area contributed by atoms with Gasteiger partial charge in [-0.05, 0) is 24.6 Å². The van der Waals surface area contributed by atoms with Crippen LogP contribution in [0.15, 0.2) is 17.0 Å². The Morgan fingerprint density at radius 2 is 2.20 bits per heavy atom. The lowest BCUT2D eigenvalue weighted by Gasteiger charge is -2.11. The van der Waals surface area contributed by atoms with Gasteiger partial charge in [0.15, 0.2) is 0 Å². The van der Waals surface area contributed by atoms with Gasteiger partial charge in [-0.2, -0.15) is 0 Å². The molecule has 0 amide bonds. The van der Waals surface area contributed by atoms with Gasteiger partial charge in [0.05, 0.1) is 18.8 Å². The molecule has 8 heteroatoms. The maximum atomic E-state index is 13.7. The largest absolute Gasteiger partial charge is 0.456 e. The number of carbonyl (C=O) groups excluding carboxylic acids is 1. The Hall–Kier alpha value is -1.18. The van der Waals surface area contributed by atoms with E-state index in [4.69, 9.17) is 20.2 Å². The molecule has 0 N–H and O–H groups in total. The van der Waals surface area contributed by atoms with Crippen LogP contribution >= 0.6 is 10.7 Å². The van der Waals surface area contributed by atoms with Crippen molar-refractivity contribution in [2.24, 2.45) is 0 Å². The molecular weight excluding hydrogens is 311 g/mol. The van der Waals surface area contributed by atoms with E-state index in [2.05, 4.69) is 0 Å². The normalized spacial score (nSPS) is 19.1. The molecule has 0 bridgehead atoms. The van der Waals surface area contributed by atoms with Crippen molar-refractivity contribution in [3.63, 3.8) is 0 Å². The van der Waals surface area contributed by atoms with Crippen molar-refractivity contribution in [1.82, 2.24) is 0 Å². The lowest BCUT2D eigenvalue weighted by atomic mass is 10.1. The summed E-state index contributed by atoms with van der Waals surface area (Å²) in [6, 6.07) is 2.10. The Bertz CT molecular complexity index is 637. The smallest absolute Gasteiger partial charge is 0.338 e. The first-order valence-corrected chi connectivity index (χ1v) is 8.13. The van der Waals surface area contributed by atoms with Gasteiger partial charge in [-0.1, -0.05) is 0 Å². The first kappa shape index (κ1) is 15.2. The Labute approximate surface area is 120 Å². The molecule has 1 saturated heterocycles. The van der Waals surface area contributed by atoms with Crippen LogP contribution in [-0.4, -0.2) is 33.7 Å². The standard InChI is InChI=1S/C12H12ClFO5S/c1-7-4-8(5-10(11(7)14)20(13,16)17)12(15)19-9-2-3-18-6-9/h4-5,9H,2-3,6H2,1H3. The SMILES string of the molecule is Cc1cc(C(=O)OC2CCOC2)cc(S(=O)(=O)Cl)c1F. The summed E-state index contributed by atoms with van der Waals surface area (Å²) < 4.78 is 46.5. The molecule has 5 nitrogen and oxygen atoms in total. The van der Waals surface area contributed by atoms with Crippen molar-refractivity contribution in [2.45, 2.75) is 24.3 Å². The summed E-state index contributed by atoms with van der Waals surface area (Å²) in [5.41, 5.74) is -0.0589. The molecular formula is C12H12ClFO5S. The Balaban J connectivity index is 2.32. The van der Waals surface area contributed by atoms with Crippen molar-refractivity contribution in [3.8, 4) is 0 Å². The van der Waals surface area contributed by atoms with Gasteiger partial charge in [0, 0.05) is 17.1 Å². The fraction of sp³-hybridized carbons (Fsp3) is 0.417. The minimum Gasteiger partial charge on any atom is -0.456 e. The topological polar surface area (TPSA) is 69.7 Å². The lowest BCUT2D eigenvalue weighted by molar-refractivity contribution is 0.0270. The number of hydrogen-bond donors (Lipinski definition) is 0. The van der Waals surface area contributed by atoms with E-state index in [1.165, 1.54) is 13.0 Å². The minimum atomic E-state index is -4.27. The molecule has 1 unspecified atom stereocenters. The zero-order valence-corrected chi connectivity index (χ0v) is 12.1. The van der Waals surface area contributed by atoms with Gasteiger partial charge in [0.1, 0.15) is 16.8 Å². The van der Waals surface area contributed by atoms with Crippen LogP contribution in [0.2, 0.25) is 0 Å². The van der Waals surface area contributed by atoms with E-state index >= 15 is 0 Å². The molecule has 20 heavy (non-hydrogen) atoms. The molecule has 0 aliphatic carbocycles. The highest BCUT2D eigenvalue weighted by molar-refractivity contribution is 8.13. The van der Waals surface area contributed by atoms with Crippen LogP contribution in [0.5, 0.6) is 0 Å². The highest BCUT2D eigenvalue weighted by atomic mass is 35.7. The second kappa shape index (κ2) is 5.67. The van der Waals surface area contributed by atoms with E-state index in [0.29, 0.717) is 19.6 Å². The van der Waals surface area contributed by atoms with Crippen LogP contribution in [0.25, 0.3) is 0 Å².